The lowest BCUT2D eigenvalue weighted by Gasteiger charge is -2.07. The molecule has 0 spiro atoms. The first-order valence-corrected chi connectivity index (χ1v) is 10.0. The predicted molar refractivity (Wildman–Crippen MR) is 101 cm³/mol. The second kappa shape index (κ2) is 9.10. The highest BCUT2D eigenvalue weighted by atomic mass is 32.2. The molecule has 0 aliphatic heterocycles. The molecule has 1 aromatic heterocycles. The van der Waals surface area contributed by atoms with Crippen molar-refractivity contribution < 1.29 is 33.0 Å². The highest BCUT2D eigenvalue weighted by Gasteiger charge is 2.16. The molecule has 1 heterocycles. The molecule has 4 N–H and O–H groups in total. The van der Waals surface area contributed by atoms with Crippen molar-refractivity contribution >= 4 is 50.6 Å². The highest BCUT2D eigenvalue weighted by Crippen LogP contribution is 2.20. The molecule has 1 aromatic carbocycles. The molecule has 2 rings (SSSR count). The van der Waals surface area contributed by atoms with Crippen LogP contribution in [0.4, 0.5) is 5.69 Å². The Morgan fingerprint density at radius 3 is 2.25 bits per heavy atom. The van der Waals surface area contributed by atoms with Crippen LogP contribution in [-0.4, -0.2) is 42.2 Å². The Bertz CT molecular complexity index is 997. The predicted octanol–water partition coefficient (Wildman–Crippen LogP) is 1.58. The minimum Gasteiger partial charge on any atom is -0.481 e. The fourth-order valence-electron chi connectivity index (χ4n) is 1.93. The van der Waals surface area contributed by atoms with Gasteiger partial charge < -0.3 is 10.2 Å². The van der Waals surface area contributed by atoms with E-state index in [0.717, 1.165) is 11.3 Å². The maximum Gasteiger partial charge on any atom is 0.352 e. The Morgan fingerprint density at radius 1 is 1.04 bits per heavy atom. The molecule has 148 valence electrons. The number of nitrogens with zero attached hydrogens (tertiary/aromatic N) is 1. The highest BCUT2D eigenvalue weighted by molar-refractivity contribution is 7.94. The molecule has 0 unspecified atom stereocenters. The number of anilines is 1. The van der Waals surface area contributed by atoms with Crippen LogP contribution < -0.4 is 10.1 Å². The second-order valence-corrected chi connectivity index (χ2v) is 8.17. The molecule has 28 heavy (non-hydrogen) atoms. The van der Waals surface area contributed by atoms with E-state index in [-0.39, 0.29) is 21.9 Å². The standard InChI is InChI=1S/C16H15N3O7S2/c20-13(21)8-7-12(16(23)24)17-18-15(22)10-3-5-11(6-4-10)19-28(25,26)14-2-1-9-27-14/h1-6,9,19H,7-8H2,(H,18,22)(H,20,21)(H,23,24). The summed E-state index contributed by atoms with van der Waals surface area (Å²) in [5.74, 6) is -3.37. The van der Waals surface area contributed by atoms with Gasteiger partial charge in [-0.2, -0.15) is 5.10 Å². The molecule has 0 fully saturated rings. The van der Waals surface area contributed by atoms with Gasteiger partial charge in [-0.1, -0.05) is 6.07 Å². The van der Waals surface area contributed by atoms with Crippen molar-refractivity contribution in [2.45, 2.75) is 17.1 Å². The third-order valence-corrected chi connectivity index (χ3v) is 6.05. The van der Waals surface area contributed by atoms with Crippen molar-refractivity contribution in [2.24, 2.45) is 5.10 Å². The Balaban J connectivity index is 2.04. The number of sulfonamides is 1. The minimum absolute atomic E-state index is 0.103. The molecule has 0 saturated heterocycles. The van der Waals surface area contributed by atoms with Gasteiger partial charge >= 0.3 is 11.9 Å². The van der Waals surface area contributed by atoms with E-state index < -0.39 is 40.0 Å². The maximum atomic E-state index is 12.1. The normalized spacial score (nSPS) is 11.6. The summed E-state index contributed by atoms with van der Waals surface area (Å²) in [6.07, 6.45) is -0.797. The van der Waals surface area contributed by atoms with Crippen molar-refractivity contribution in [1.29, 1.82) is 0 Å². The van der Waals surface area contributed by atoms with Crippen molar-refractivity contribution in [3.8, 4) is 0 Å². The first-order chi connectivity index (χ1) is 13.2. The molecule has 12 heteroatoms. The van der Waals surface area contributed by atoms with E-state index in [2.05, 4.69) is 9.82 Å². The van der Waals surface area contributed by atoms with Gasteiger partial charge in [0.1, 0.15) is 9.92 Å². The van der Waals surface area contributed by atoms with E-state index in [1.165, 1.54) is 30.3 Å². The van der Waals surface area contributed by atoms with Crippen LogP contribution in [0.15, 0.2) is 51.1 Å². The summed E-state index contributed by atoms with van der Waals surface area (Å²) in [6.45, 7) is 0. The fraction of sp³-hybridized carbons (Fsp3) is 0.125. The SMILES string of the molecule is O=C(O)CCC(=NNC(=O)c1ccc(NS(=O)(=O)c2cccs2)cc1)C(=O)O. The van der Waals surface area contributed by atoms with Crippen LogP contribution in [0.3, 0.4) is 0 Å². The van der Waals surface area contributed by atoms with Gasteiger partial charge in [0.05, 0.1) is 6.42 Å². The molecule has 1 amide bonds. The summed E-state index contributed by atoms with van der Waals surface area (Å²) in [5, 5.41) is 22.6. The Labute approximate surface area is 163 Å². The largest absolute Gasteiger partial charge is 0.481 e. The number of carboxylic acids is 2. The van der Waals surface area contributed by atoms with Crippen LogP contribution >= 0.6 is 11.3 Å². The van der Waals surface area contributed by atoms with Gasteiger partial charge in [0.15, 0.2) is 0 Å². The lowest BCUT2D eigenvalue weighted by Crippen LogP contribution is -2.24. The van der Waals surface area contributed by atoms with E-state index in [4.69, 9.17) is 10.2 Å². The average molecular weight is 425 g/mol. The maximum absolute atomic E-state index is 12.1. The molecular formula is C16H15N3O7S2. The smallest absolute Gasteiger partial charge is 0.352 e. The molecule has 0 aliphatic rings. The molecule has 0 aliphatic carbocycles. The summed E-state index contributed by atoms with van der Waals surface area (Å²) >= 11 is 1.06. The number of thiophene rings is 1. The third-order valence-electron chi connectivity index (χ3n) is 3.27. The lowest BCUT2D eigenvalue weighted by molar-refractivity contribution is -0.136. The van der Waals surface area contributed by atoms with E-state index in [1.807, 2.05) is 5.43 Å². The summed E-state index contributed by atoms with van der Waals surface area (Å²) in [7, 11) is -3.71. The Hall–Kier alpha value is -3.25. The van der Waals surface area contributed by atoms with Crippen LogP contribution in [0, 0.1) is 0 Å². The number of hydrazone groups is 1. The van der Waals surface area contributed by atoms with E-state index in [9.17, 15) is 22.8 Å². The van der Waals surface area contributed by atoms with Crippen LogP contribution in [0.5, 0.6) is 0 Å². The number of amides is 1. The topological polar surface area (TPSA) is 162 Å². The van der Waals surface area contributed by atoms with Crippen molar-refractivity contribution in [3.05, 3.63) is 47.3 Å². The third kappa shape index (κ3) is 5.89. The van der Waals surface area contributed by atoms with E-state index >= 15 is 0 Å². The number of rotatable bonds is 9. The van der Waals surface area contributed by atoms with Gasteiger partial charge in [0.25, 0.3) is 15.9 Å². The molecular weight excluding hydrogens is 410 g/mol. The van der Waals surface area contributed by atoms with Gasteiger partial charge in [0.2, 0.25) is 0 Å². The summed E-state index contributed by atoms with van der Waals surface area (Å²) in [5.41, 5.74) is 1.87. The fourth-order valence-corrected chi connectivity index (χ4v) is 3.98. The monoisotopic (exact) mass is 425 g/mol. The molecule has 0 saturated carbocycles. The summed E-state index contributed by atoms with van der Waals surface area (Å²) in [6, 6.07) is 8.45. The van der Waals surface area contributed by atoms with Gasteiger partial charge in [-0.3, -0.25) is 14.3 Å². The number of nitrogens with one attached hydrogen (secondary N) is 2. The summed E-state index contributed by atoms with van der Waals surface area (Å²) < 4.78 is 26.8. The van der Waals surface area contributed by atoms with Crippen molar-refractivity contribution in [3.63, 3.8) is 0 Å². The quantitative estimate of drug-likeness (QED) is 0.350. The van der Waals surface area contributed by atoms with Crippen LogP contribution in [0.25, 0.3) is 0 Å². The Morgan fingerprint density at radius 2 is 1.71 bits per heavy atom. The number of aliphatic carboxylic acids is 2. The zero-order valence-electron chi connectivity index (χ0n) is 14.2. The molecule has 0 bridgehead atoms. The second-order valence-electron chi connectivity index (χ2n) is 5.31. The first-order valence-electron chi connectivity index (χ1n) is 7.67. The zero-order chi connectivity index (χ0) is 20.7. The van der Waals surface area contributed by atoms with Gasteiger partial charge in [-0.15, -0.1) is 11.3 Å². The average Bonchev–Trinajstić information content (AvgIpc) is 3.17. The van der Waals surface area contributed by atoms with Crippen molar-refractivity contribution in [1.82, 2.24) is 5.43 Å². The minimum atomic E-state index is -3.71. The lowest BCUT2D eigenvalue weighted by atomic mass is 10.2. The number of carbonyl (C=O) groups excluding carboxylic acids is 1. The molecule has 0 atom stereocenters. The van der Waals surface area contributed by atoms with Crippen LogP contribution in [0.1, 0.15) is 23.2 Å². The number of carboxylic acid groups (broad SMARTS) is 2. The van der Waals surface area contributed by atoms with E-state index in [0.29, 0.717) is 0 Å². The summed E-state index contributed by atoms with van der Waals surface area (Å²) in [4.78, 5) is 33.5. The molecule has 0 radical (unpaired) electrons. The number of hydrogen-bond acceptors (Lipinski definition) is 7. The van der Waals surface area contributed by atoms with Crippen LogP contribution in [0.2, 0.25) is 0 Å². The number of hydrogen-bond donors (Lipinski definition) is 4. The zero-order valence-corrected chi connectivity index (χ0v) is 15.8. The molecule has 10 nitrogen and oxygen atoms in total. The first kappa shape index (κ1) is 21.1. The number of benzene rings is 1. The molecule has 2 aromatic rings. The van der Waals surface area contributed by atoms with Gasteiger partial charge in [0, 0.05) is 17.7 Å². The van der Waals surface area contributed by atoms with Gasteiger partial charge in [-0.05, 0) is 35.7 Å². The van der Waals surface area contributed by atoms with Crippen LogP contribution in [-0.2, 0) is 19.6 Å². The van der Waals surface area contributed by atoms with Crippen molar-refractivity contribution in [2.75, 3.05) is 4.72 Å². The number of carbonyl (C=O) groups is 3. The van der Waals surface area contributed by atoms with Gasteiger partial charge in [-0.25, -0.2) is 18.6 Å². The van der Waals surface area contributed by atoms with E-state index in [1.54, 1.807) is 11.4 Å². The Kier molecular flexibility index (Phi) is 6.84.